The second-order valence-electron chi connectivity index (χ2n) is 4.85. The minimum Gasteiger partial charge on any atom is -0.268 e. The molecule has 0 atom stereocenters. The number of nitro benzene ring substituents is 1. The minimum absolute atomic E-state index is 0.0161. The van der Waals surface area contributed by atoms with Crippen molar-refractivity contribution in [1.29, 1.82) is 0 Å². The van der Waals surface area contributed by atoms with E-state index in [1.165, 1.54) is 22.9 Å². The van der Waals surface area contributed by atoms with Crippen LogP contribution < -0.4 is 5.56 Å². The van der Waals surface area contributed by atoms with Crippen molar-refractivity contribution in [2.24, 2.45) is 7.05 Å². The lowest BCUT2D eigenvalue weighted by atomic mass is 10.1. The SMILES string of the molecule is Cn1c(=O)cc(-c2ccccc2)n1-c1cccc([N+](=O)[O-])c1. The van der Waals surface area contributed by atoms with E-state index < -0.39 is 4.92 Å². The van der Waals surface area contributed by atoms with Gasteiger partial charge in [0.05, 0.1) is 16.3 Å². The van der Waals surface area contributed by atoms with Gasteiger partial charge in [-0.05, 0) is 6.07 Å². The molecule has 110 valence electrons. The van der Waals surface area contributed by atoms with Crippen LogP contribution in [0.2, 0.25) is 0 Å². The summed E-state index contributed by atoms with van der Waals surface area (Å²) in [5, 5.41) is 11.0. The molecule has 0 aliphatic rings. The third-order valence-corrected chi connectivity index (χ3v) is 3.46. The number of aromatic nitrogens is 2. The molecular weight excluding hydrogens is 282 g/mol. The van der Waals surface area contributed by atoms with Crippen LogP contribution in [0.5, 0.6) is 0 Å². The van der Waals surface area contributed by atoms with E-state index in [0.29, 0.717) is 11.4 Å². The summed E-state index contributed by atoms with van der Waals surface area (Å²) in [6.45, 7) is 0. The summed E-state index contributed by atoms with van der Waals surface area (Å²) in [6.07, 6.45) is 0. The Hall–Kier alpha value is -3.15. The van der Waals surface area contributed by atoms with Gasteiger partial charge in [0.2, 0.25) is 0 Å². The molecule has 0 amide bonds. The highest BCUT2D eigenvalue weighted by atomic mass is 16.6. The van der Waals surface area contributed by atoms with Gasteiger partial charge < -0.3 is 0 Å². The Kier molecular flexibility index (Phi) is 3.34. The zero-order valence-electron chi connectivity index (χ0n) is 11.8. The average Bonchev–Trinajstić information content (AvgIpc) is 2.84. The van der Waals surface area contributed by atoms with Gasteiger partial charge in [0, 0.05) is 30.8 Å². The molecule has 6 heteroatoms. The lowest BCUT2D eigenvalue weighted by Crippen LogP contribution is -2.18. The summed E-state index contributed by atoms with van der Waals surface area (Å²) in [5.41, 5.74) is 1.93. The zero-order valence-corrected chi connectivity index (χ0v) is 11.8. The Morgan fingerprint density at radius 2 is 1.73 bits per heavy atom. The first-order chi connectivity index (χ1) is 10.6. The summed E-state index contributed by atoms with van der Waals surface area (Å²) in [6, 6.07) is 17.2. The summed E-state index contributed by atoms with van der Waals surface area (Å²) in [4.78, 5) is 22.5. The fourth-order valence-electron chi connectivity index (χ4n) is 2.40. The number of hydrogen-bond donors (Lipinski definition) is 0. The van der Waals surface area contributed by atoms with Crippen molar-refractivity contribution in [3.05, 3.63) is 81.1 Å². The molecule has 0 spiro atoms. The Bertz CT molecular complexity index is 894. The Balaban J connectivity index is 2.25. The van der Waals surface area contributed by atoms with E-state index in [4.69, 9.17) is 0 Å². The largest absolute Gasteiger partial charge is 0.271 e. The van der Waals surface area contributed by atoms with Crippen molar-refractivity contribution in [2.45, 2.75) is 0 Å². The van der Waals surface area contributed by atoms with Gasteiger partial charge in [-0.25, -0.2) is 4.68 Å². The molecule has 0 aliphatic carbocycles. The van der Waals surface area contributed by atoms with Gasteiger partial charge in [0.15, 0.2) is 0 Å². The van der Waals surface area contributed by atoms with E-state index in [1.807, 2.05) is 30.3 Å². The highest BCUT2D eigenvalue weighted by Crippen LogP contribution is 2.23. The van der Waals surface area contributed by atoms with E-state index in [-0.39, 0.29) is 11.2 Å². The van der Waals surface area contributed by atoms with Gasteiger partial charge in [-0.15, -0.1) is 0 Å². The van der Waals surface area contributed by atoms with Crippen molar-refractivity contribution in [3.63, 3.8) is 0 Å². The van der Waals surface area contributed by atoms with E-state index in [0.717, 1.165) is 5.56 Å². The van der Waals surface area contributed by atoms with Crippen molar-refractivity contribution < 1.29 is 4.92 Å². The molecule has 0 saturated carbocycles. The van der Waals surface area contributed by atoms with E-state index in [1.54, 1.807) is 23.9 Å². The Labute approximate surface area is 126 Å². The number of rotatable bonds is 3. The number of benzene rings is 2. The first-order valence-corrected chi connectivity index (χ1v) is 6.67. The molecule has 3 aromatic rings. The predicted octanol–water partition coefficient (Wildman–Crippen LogP) is 2.75. The smallest absolute Gasteiger partial charge is 0.268 e. The lowest BCUT2D eigenvalue weighted by molar-refractivity contribution is -0.384. The molecule has 0 aliphatic heterocycles. The summed E-state index contributed by atoms with van der Waals surface area (Å²) < 4.78 is 3.10. The molecule has 0 bridgehead atoms. The predicted molar refractivity (Wildman–Crippen MR) is 83.1 cm³/mol. The molecule has 0 unspecified atom stereocenters. The van der Waals surface area contributed by atoms with E-state index in [2.05, 4.69) is 0 Å². The lowest BCUT2D eigenvalue weighted by Gasteiger charge is -2.12. The van der Waals surface area contributed by atoms with Crippen LogP contribution in [0.4, 0.5) is 5.69 Å². The van der Waals surface area contributed by atoms with Crippen LogP contribution in [-0.4, -0.2) is 14.3 Å². The second kappa shape index (κ2) is 5.33. The number of hydrogen-bond acceptors (Lipinski definition) is 3. The molecule has 0 N–H and O–H groups in total. The molecule has 3 rings (SSSR count). The first-order valence-electron chi connectivity index (χ1n) is 6.67. The standard InChI is InChI=1S/C16H13N3O3/c1-17-16(20)11-15(12-6-3-2-4-7-12)18(17)13-8-5-9-14(10-13)19(21)22/h2-11H,1H3. The summed E-state index contributed by atoms with van der Waals surface area (Å²) >= 11 is 0. The van der Waals surface area contributed by atoms with Crippen molar-refractivity contribution in [2.75, 3.05) is 0 Å². The number of nitro groups is 1. The highest BCUT2D eigenvalue weighted by molar-refractivity contribution is 5.62. The molecule has 2 aromatic carbocycles. The summed E-state index contributed by atoms with van der Waals surface area (Å²) in [5.74, 6) is 0. The normalized spacial score (nSPS) is 10.6. The average molecular weight is 295 g/mol. The van der Waals surface area contributed by atoms with Crippen LogP contribution in [0.3, 0.4) is 0 Å². The molecule has 0 fully saturated rings. The highest BCUT2D eigenvalue weighted by Gasteiger charge is 2.14. The molecule has 0 saturated heterocycles. The Morgan fingerprint density at radius 3 is 2.41 bits per heavy atom. The van der Waals surface area contributed by atoms with Gasteiger partial charge in [0.25, 0.3) is 11.2 Å². The number of non-ortho nitro benzene ring substituents is 1. The van der Waals surface area contributed by atoms with Gasteiger partial charge in [-0.1, -0.05) is 36.4 Å². The maximum absolute atomic E-state index is 12.0. The monoisotopic (exact) mass is 295 g/mol. The maximum Gasteiger partial charge on any atom is 0.271 e. The Morgan fingerprint density at radius 1 is 1.00 bits per heavy atom. The van der Waals surface area contributed by atoms with Crippen LogP contribution >= 0.6 is 0 Å². The molecule has 22 heavy (non-hydrogen) atoms. The van der Waals surface area contributed by atoms with Gasteiger partial charge in [-0.3, -0.25) is 19.6 Å². The van der Waals surface area contributed by atoms with E-state index in [9.17, 15) is 14.9 Å². The molecular formula is C16H13N3O3. The summed E-state index contributed by atoms with van der Waals surface area (Å²) in [7, 11) is 1.63. The zero-order chi connectivity index (χ0) is 15.7. The van der Waals surface area contributed by atoms with Crippen LogP contribution in [0.25, 0.3) is 16.9 Å². The van der Waals surface area contributed by atoms with Crippen LogP contribution in [0, 0.1) is 10.1 Å². The van der Waals surface area contributed by atoms with Crippen molar-refractivity contribution >= 4 is 5.69 Å². The van der Waals surface area contributed by atoms with Crippen molar-refractivity contribution in [1.82, 2.24) is 9.36 Å². The van der Waals surface area contributed by atoms with E-state index >= 15 is 0 Å². The van der Waals surface area contributed by atoms with Gasteiger partial charge in [-0.2, -0.15) is 0 Å². The molecule has 1 heterocycles. The maximum atomic E-state index is 12.0. The van der Waals surface area contributed by atoms with Crippen LogP contribution in [-0.2, 0) is 7.05 Å². The first kappa shape index (κ1) is 13.8. The second-order valence-corrected chi connectivity index (χ2v) is 4.85. The minimum atomic E-state index is -0.451. The van der Waals surface area contributed by atoms with Crippen LogP contribution in [0.1, 0.15) is 0 Å². The fraction of sp³-hybridized carbons (Fsp3) is 0.0625. The topological polar surface area (TPSA) is 70.1 Å². The number of nitrogens with zero attached hydrogens (tertiary/aromatic N) is 3. The molecule has 0 radical (unpaired) electrons. The molecule has 6 nitrogen and oxygen atoms in total. The third-order valence-electron chi connectivity index (χ3n) is 3.46. The fourth-order valence-corrected chi connectivity index (χ4v) is 2.40. The van der Waals surface area contributed by atoms with Crippen LogP contribution in [0.15, 0.2) is 65.5 Å². The van der Waals surface area contributed by atoms with Crippen molar-refractivity contribution in [3.8, 4) is 16.9 Å². The molecule has 1 aromatic heterocycles. The van der Waals surface area contributed by atoms with Gasteiger partial charge in [0.1, 0.15) is 0 Å². The van der Waals surface area contributed by atoms with Gasteiger partial charge >= 0.3 is 0 Å². The third kappa shape index (κ3) is 2.31. The quantitative estimate of drug-likeness (QED) is 0.551.